The molecule has 1 heterocycles. The first-order chi connectivity index (χ1) is 8.69. The Bertz CT molecular complexity index is 512. The Morgan fingerprint density at radius 1 is 1.11 bits per heavy atom. The molecule has 18 heavy (non-hydrogen) atoms. The molecule has 0 amide bonds. The van der Waals surface area contributed by atoms with E-state index < -0.39 is 0 Å². The lowest BCUT2D eigenvalue weighted by Crippen LogP contribution is -2.11. The normalized spacial score (nSPS) is 10.7. The summed E-state index contributed by atoms with van der Waals surface area (Å²) in [6, 6.07) is 12.5. The molecule has 0 saturated carbocycles. The number of hydrogen-bond donors (Lipinski definition) is 1. The molecule has 1 N–H and O–H groups in total. The third kappa shape index (κ3) is 3.23. The van der Waals surface area contributed by atoms with E-state index in [4.69, 9.17) is 0 Å². The van der Waals surface area contributed by atoms with E-state index in [0.717, 1.165) is 22.2 Å². The fourth-order valence-corrected chi connectivity index (χ4v) is 2.02. The molecule has 4 heteroatoms. The van der Waals surface area contributed by atoms with E-state index in [-0.39, 0.29) is 0 Å². The van der Waals surface area contributed by atoms with Gasteiger partial charge in [0.1, 0.15) is 5.82 Å². The number of aromatic nitrogens is 2. The lowest BCUT2D eigenvalue weighted by atomic mass is 10.1. The molecule has 0 fully saturated rings. The maximum Gasteiger partial charge on any atom is 0.189 e. The average molecular weight is 259 g/mol. The van der Waals surface area contributed by atoms with Gasteiger partial charge < -0.3 is 5.32 Å². The van der Waals surface area contributed by atoms with Crippen molar-refractivity contribution in [2.45, 2.75) is 25.0 Å². The average Bonchev–Trinajstić information content (AvgIpc) is 2.38. The van der Waals surface area contributed by atoms with Gasteiger partial charge in [-0.25, -0.2) is 9.97 Å². The van der Waals surface area contributed by atoms with E-state index in [0.29, 0.717) is 6.04 Å². The van der Waals surface area contributed by atoms with Gasteiger partial charge in [0.25, 0.3) is 0 Å². The topological polar surface area (TPSA) is 37.8 Å². The Morgan fingerprint density at radius 3 is 2.44 bits per heavy atom. The first-order valence-electron chi connectivity index (χ1n) is 5.94. The van der Waals surface area contributed by atoms with Gasteiger partial charge in [-0.05, 0) is 20.1 Å². The highest BCUT2D eigenvalue weighted by Gasteiger charge is 2.06. The molecule has 0 bridgehead atoms. The van der Waals surface area contributed by atoms with Crippen molar-refractivity contribution in [3.8, 4) is 11.3 Å². The molecule has 0 spiro atoms. The van der Waals surface area contributed by atoms with Crippen molar-refractivity contribution in [3.63, 3.8) is 0 Å². The van der Waals surface area contributed by atoms with Crippen LogP contribution in [0.2, 0.25) is 0 Å². The number of rotatable bonds is 4. The van der Waals surface area contributed by atoms with Gasteiger partial charge >= 0.3 is 0 Å². The summed E-state index contributed by atoms with van der Waals surface area (Å²) < 4.78 is 0. The maximum absolute atomic E-state index is 4.54. The lowest BCUT2D eigenvalue weighted by Gasteiger charge is -2.11. The van der Waals surface area contributed by atoms with Gasteiger partial charge in [0.2, 0.25) is 0 Å². The van der Waals surface area contributed by atoms with Crippen molar-refractivity contribution < 1.29 is 0 Å². The summed E-state index contributed by atoms with van der Waals surface area (Å²) in [7, 11) is 0. The standard InChI is InChI=1S/C14H17N3S/c1-10(2)15-13-9-12(16-14(17-13)18-3)11-7-5-4-6-8-11/h4-10H,1-3H3,(H,15,16,17). The van der Waals surface area contributed by atoms with E-state index in [1.807, 2.05) is 30.5 Å². The van der Waals surface area contributed by atoms with Crippen molar-refractivity contribution in [2.75, 3.05) is 11.6 Å². The van der Waals surface area contributed by atoms with E-state index in [1.54, 1.807) is 11.8 Å². The summed E-state index contributed by atoms with van der Waals surface area (Å²) in [4.78, 5) is 9.00. The second-order valence-corrected chi connectivity index (χ2v) is 5.06. The molecule has 0 unspecified atom stereocenters. The zero-order chi connectivity index (χ0) is 13.0. The number of nitrogens with zero attached hydrogens (tertiary/aromatic N) is 2. The summed E-state index contributed by atoms with van der Waals surface area (Å²) in [6.45, 7) is 4.20. The zero-order valence-corrected chi connectivity index (χ0v) is 11.7. The van der Waals surface area contributed by atoms with Crippen LogP contribution in [-0.4, -0.2) is 22.3 Å². The molecule has 2 aromatic rings. The molecule has 0 atom stereocenters. The maximum atomic E-state index is 4.54. The Morgan fingerprint density at radius 2 is 1.83 bits per heavy atom. The largest absolute Gasteiger partial charge is 0.368 e. The van der Waals surface area contributed by atoms with Gasteiger partial charge in [0.15, 0.2) is 5.16 Å². The summed E-state index contributed by atoms with van der Waals surface area (Å²) in [6.07, 6.45) is 1.99. The van der Waals surface area contributed by atoms with E-state index in [1.165, 1.54) is 0 Å². The second kappa shape index (κ2) is 5.87. The van der Waals surface area contributed by atoms with Gasteiger partial charge in [-0.3, -0.25) is 0 Å². The Hall–Kier alpha value is -1.55. The smallest absolute Gasteiger partial charge is 0.189 e. The van der Waals surface area contributed by atoms with Gasteiger partial charge in [0, 0.05) is 17.7 Å². The molecule has 3 nitrogen and oxygen atoms in total. The monoisotopic (exact) mass is 259 g/mol. The van der Waals surface area contributed by atoms with Crippen LogP contribution in [0.15, 0.2) is 41.6 Å². The fourth-order valence-electron chi connectivity index (χ4n) is 1.64. The minimum Gasteiger partial charge on any atom is -0.368 e. The van der Waals surface area contributed by atoms with Crippen LogP contribution in [0, 0.1) is 0 Å². The number of hydrogen-bond acceptors (Lipinski definition) is 4. The first-order valence-corrected chi connectivity index (χ1v) is 7.16. The summed E-state index contributed by atoms with van der Waals surface area (Å²) >= 11 is 1.56. The van der Waals surface area contributed by atoms with Crippen LogP contribution in [0.25, 0.3) is 11.3 Å². The molecule has 0 saturated heterocycles. The van der Waals surface area contributed by atoms with Crippen LogP contribution in [0.1, 0.15) is 13.8 Å². The van der Waals surface area contributed by atoms with Crippen LogP contribution >= 0.6 is 11.8 Å². The molecule has 0 aliphatic carbocycles. The van der Waals surface area contributed by atoms with Crippen LogP contribution < -0.4 is 5.32 Å². The lowest BCUT2D eigenvalue weighted by molar-refractivity contribution is 0.869. The van der Waals surface area contributed by atoms with Crippen LogP contribution in [0.5, 0.6) is 0 Å². The number of thioether (sulfide) groups is 1. The molecular formula is C14H17N3S. The highest BCUT2D eigenvalue weighted by atomic mass is 32.2. The molecule has 1 aromatic carbocycles. The minimum atomic E-state index is 0.359. The number of nitrogens with one attached hydrogen (secondary N) is 1. The molecular weight excluding hydrogens is 242 g/mol. The van der Waals surface area contributed by atoms with E-state index in [9.17, 15) is 0 Å². The van der Waals surface area contributed by atoms with Gasteiger partial charge in [-0.2, -0.15) is 0 Å². The SMILES string of the molecule is CSc1nc(NC(C)C)cc(-c2ccccc2)n1. The minimum absolute atomic E-state index is 0.359. The third-order valence-corrected chi connectivity index (χ3v) is 2.94. The number of anilines is 1. The molecule has 0 aliphatic heterocycles. The molecule has 94 valence electrons. The van der Waals surface area contributed by atoms with E-state index >= 15 is 0 Å². The highest BCUT2D eigenvalue weighted by Crippen LogP contribution is 2.22. The predicted molar refractivity (Wildman–Crippen MR) is 78.0 cm³/mol. The van der Waals surface area contributed by atoms with Crippen LogP contribution in [-0.2, 0) is 0 Å². The molecule has 2 rings (SSSR count). The van der Waals surface area contributed by atoms with Crippen molar-refractivity contribution >= 4 is 17.6 Å². The number of benzene rings is 1. The van der Waals surface area contributed by atoms with E-state index in [2.05, 4.69) is 41.3 Å². The summed E-state index contributed by atoms with van der Waals surface area (Å²) in [5, 5.41) is 4.12. The fraction of sp³-hybridized carbons (Fsp3) is 0.286. The summed E-state index contributed by atoms with van der Waals surface area (Å²) in [5.74, 6) is 0.878. The second-order valence-electron chi connectivity index (χ2n) is 4.29. The molecule has 0 aliphatic rings. The van der Waals surface area contributed by atoms with Crippen molar-refractivity contribution in [2.24, 2.45) is 0 Å². The summed E-state index contributed by atoms with van der Waals surface area (Å²) in [5.41, 5.74) is 2.07. The van der Waals surface area contributed by atoms with Gasteiger partial charge in [-0.1, -0.05) is 42.1 Å². The molecule has 0 radical (unpaired) electrons. The van der Waals surface area contributed by atoms with Crippen molar-refractivity contribution in [3.05, 3.63) is 36.4 Å². The quantitative estimate of drug-likeness (QED) is 0.671. The van der Waals surface area contributed by atoms with Gasteiger partial charge in [0.05, 0.1) is 5.69 Å². The van der Waals surface area contributed by atoms with Crippen LogP contribution in [0.4, 0.5) is 5.82 Å². The highest BCUT2D eigenvalue weighted by molar-refractivity contribution is 7.98. The first kappa shape index (κ1) is 12.9. The third-order valence-electron chi connectivity index (χ3n) is 2.39. The Kier molecular flexibility index (Phi) is 4.20. The van der Waals surface area contributed by atoms with Gasteiger partial charge in [-0.15, -0.1) is 0 Å². The van der Waals surface area contributed by atoms with Crippen molar-refractivity contribution in [1.29, 1.82) is 0 Å². The zero-order valence-electron chi connectivity index (χ0n) is 10.8. The Balaban J connectivity index is 2.41. The molecule has 1 aromatic heterocycles. The Labute approximate surface area is 112 Å². The van der Waals surface area contributed by atoms with Crippen molar-refractivity contribution in [1.82, 2.24) is 9.97 Å². The predicted octanol–water partition coefficient (Wildman–Crippen LogP) is 3.69. The van der Waals surface area contributed by atoms with Crippen LogP contribution in [0.3, 0.4) is 0 Å².